The third-order valence-corrected chi connectivity index (χ3v) is 4.82. The standard InChI is InChI=1S/C17H20N2O2S/c1-11-6-5-7-13(10-11)21-12(2)16(20)19-17-18-14-8-3-4-9-15(14)22-17/h5-7,10,12H,3-4,8-9H2,1-2H3,(H,18,19,20). The molecule has 116 valence electrons. The molecule has 5 heteroatoms. The van der Waals surface area contributed by atoms with E-state index >= 15 is 0 Å². The molecular weight excluding hydrogens is 296 g/mol. The maximum atomic E-state index is 12.2. The van der Waals surface area contributed by atoms with Crippen molar-refractivity contribution in [2.75, 3.05) is 5.32 Å². The first-order valence-corrected chi connectivity index (χ1v) is 8.46. The number of rotatable bonds is 4. The normalized spacial score (nSPS) is 15.0. The molecule has 4 nitrogen and oxygen atoms in total. The number of anilines is 1. The number of thiazole rings is 1. The summed E-state index contributed by atoms with van der Waals surface area (Å²) < 4.78 is 5.70. The van der Waals surface area contributed by atoms with Crippen LogP contribution in [0.3, 0.4) is 0 Å². The number of aryl methyl sites for hydroxylation is 3. The third kappa shape index (κ3) is 3.47. The van der Waals surface area contributed by atoms with Crippen molar-refractivity contribution >= 4 is 22.4 Å². The molecule has 0 radical (unpaired) electrons. The summed E-state index contributed by atoms with van der Waals surface area (Å²) in [6, 6.07) is 7.70. The molecule has 1 aliphatic rings. The first-order valence-electron chi connectivity index (χ1n) is 7.64. The van der Waals surface area contributed by atoms with E-state index in [4.69, 9.17) is 4.74 Å². The van der Waals surface area contributed by atoms with Crippen LogP contribution < -0.4 is 10.1 Å². The molecule has 0 bridgehead atoms. The topological polar surface area (TPSA) is 51.2 Å². The molecule has 0 saturated heterocycles. The van der Waals surface area contributed by atoms with Gasteiger partial charge in [0.2, 0.25) is 0 Å². The highest BCUT2D eigenvalue weighted by Crippen LogP contribution is 2.29. The maximum absolute atomic E-state index is 12.2. The number of hydrogen-bond donors (Lipinski definition) is 1. The van der Waals surface area contributed by atoms with Crippen LogP contribution >= 0.6 is 11.3 Å². The van der Waals surface area contributed by atoms with Gasteiger partial charge in [0.1, 0.15) is 5.75 Å². The lowest BCUT2D eigenvalue weighted by Gasteiger charge is -2.14. The van der Waals surface area contributed by atoms with Gasteiger partial charge >= 0.3 is 0 Å². The van der Waals surface area contributed by atoms with Crippen LogP contribution in [0.1, 0.15) is 35.9 Å². The van der Waals surface area contributed by atoms with Crippen molar-refractivity contribution in [1.82, 2.24) is 4.98 Å². The van der Waals surface area contributed by atoms with Crippen LogP contribution in [-0.4, -0.2) is 17.0 Å². The highest BCUT2D eigenvalue weighted by molar-refractivity contribution is 7.15. The van der Waals surface area contributed by atoms with Gasteiger partial charge in [-0.1, -0.05) is 12.1 Å². The van der Waals surface area contributed by atoms with Crippen molar-refractivity contribution in [3.63, 3.8) is 0 Å². The molecule has 1 unspecified atom stereocenters. The van der Waals surface area contributed by atoms with E-state index in [1.54, 1.807) is 18.3 Å². The second-order valence-electron chi connectivity index (χ2n) is 5.66. The molecule has 1 atom stereocenters. The fraction of sp³-hybridized carbons (Fsp3) is 0.412. The summed E-state index contributed by atoms with van der Waals surface area (Å²) in [5.74, 6) is 0.550. The SMILES string of the molecule is Cc1cccc(OC(C)C(=O)Nc2nc3c(s2)CCCC3)c1. The zero-order chi connectivity index (χ0) is 15.5. The Morgan fingerprint density at radius 2 is 2.18 bits per heavy atom. The van der Waals surface area contributed by atoms with E-state index in [1.165, 1.54) is 17.7 Å². The Balaban J connectivity index is 1.62. The average molecular weight is 316 g/mol. The Hall–Kier alpha value is -1.88. The van der Waals surface area contributed by atoms with Gasteiger partial charge in [-0.25, -0.2) is 4.98 Å². The summed E-state index contributed by atoms with van der Waals surface area (Å²) in [6.07, 6.45) is 3.96. The quantitative estimate of drug-likeness (QED) is 0.935. The fourth-order valence-corrected chi connectivity index (χ4v) is 3.61. The molecule has 0 spiro atoms. The van der Waals surface area contributed by atoms with E-state index < -0.39 is 6.10 Å². The van der Waals surface area contributed by atoms with Gasteiger partial charge in [-0.3, -0.25) is 10.1 Å². The summed E-state index contributed by atoms with van der Waals surface area (Å²) in [5, 5.41) is 3.57. The lowest BCUT2D eigenvalue weighted by atomic mass is 10.0. The zero-order valence-electron chi connectivity index (χ0n) is 12.9. The van der Waals surface area contributed by atoms with Crippen LogP contribution in [0.25, 0.3) is 0 Å². The number of ether oxygens (including phenoxy) is 1. The molecule has 1 aromatic carbocycles. The lowest BCUT2D eigenvalue weighted by molar-refractivity contribution is -0.122. The minimum absolute atomic E-state index is 0.160. The van der Waals surface area contributed by atoms with Crippen LogP contribution in [0.5, 0.6) is 5.75 Å². The van der Waals surface area contributed by atoms with Crippen molar-refractivity contribution in [3.8, 4) is 5.75 Å². The van der Waals surface area contributed by atoms with Crippen LogP contribution in [-0.2, 0) is 17.6 Å². The average Bonchev–Trinajstić information content (AvgIpc) is 2.89. The van der Waals surface area contributed by atoms with Crippen LogP contribution in [0.4, 0.5) is 5.13 Å². The number of carbonyl (C=O) groups is 1. The number of hydrogen-bond acceptors (Lipinski definition) is 4. The fourth-order valence-electron chi connectivity index (χ4n) is 2.56. The minimum atomic E-state index is -0.553. The molecule has 2 aromatic rings. The Bertz CT molecular complexity index is 658. The van der Waals surface area contributed by atoms with Gasteiger partial charge < -0.3 is 4.74 Å². The lowest BCUT2D eigenvalue weighted by Crippen LogP contribution is -2.30. The predicted molar refractivity (Wildman–Crippen MR) is 88.7 cm³/mol. The molecule has 1 heterocycles. The number of aromatic nitrogens is 1. The molecule has 1 N–H and O–H groups in total. The van der Waals surface area contributed by atoms with Crippen molar-refractivity contribution in [3.05, 3.63) is 40.4 Å². The van der Waals surface area contributed by atoms with Crippen molar-refractivity contribution in [2.45, 2.75) is 45.6 Å². The van der Waals surface area contributed by atoms with Crippen LogP contribution in [0, 0.1) is 6.92 Å². The molecular formula is C17H20N2O2S. The minimum Gasteiger partial charge on any atom is -0.481 e. The Morgan fingerprint density at radius 3 is 2.95 bits per heavy atom. The van der Waals surface area contributed by atoms with E-state index in [2.05, 4.69) is 10.3 Å². The maximum Gasteiger partial charge on any atom is 0.266 e. The van der Waals surface area contributed by atoms with Gasteiger partial charge in [0, 0.05) is 4.88 Å². The number of fused-ring (bicyclic) bond motifs is 1. The largest absolute Gasteiger partial charge is 0.481 e. The van der Waals surface area contributed by atoms with Gasteiger partial charge in [-0.2, -0.15) is 0 Å². The predicted octanol–water partition coefficient (Wildman–Crippen LogP) is 3.74. The number of nitrogens with one attached hydrogen (secondary N) is 1. The summed E-state index contributed by atoms with van der Waals surface area (Å²) in [6.45, 7) is 3.75. The molecule has 1 aromatic heterocycles. The molecule has 1 aliphatic carbocycles. The van der Waals surface area contributed by atoms with E-state index in [0.717, 1.165) is 24.1 Å². The van der Waals surface area contributed by atoms with E-state index in [-0.39, 0.29) is 5.91 Å². The second-order valence-corrected chi connectivity index (χ2v) is 6.75. The Morgan fingerprint density at radius 1 is 1.36 bits per heavy atom. The molecule has 0 fully saturated rings. The van der Waals surface area contributed by atoms with Crippen molar-refractivity contribution in [2.24, 2.45) is 0 Å². The smallest absolute Gasteiger partial charge is 0.266 e. The third-order valence-electron chi connectivity index (χ3n) is 3.75. The highest BCUT2D eigenvalue weighted by atomic mass is 32.1. The molecule has 0 saturated carbocycles. The Labute approximate surface area is 134 Å². The summed E-state index contributed by atoms with van der Waals surface area (Å²) in [4.78, 5) is 18.1. The first-order chi connectivity index (χ1) is 10.6. The van der Waals surface area contributed by atoms with Crippen molar-refractivity contribution in [1.29, 1.82) is 0 Å². The monoisotopic (exact) mass is 316 g/mol. The summed E-state index contributed by atoms with van der Waals surface area (Å²) in [5.41, 5.74) is 2.26. The molecule has 0 aliphatic heterocycles. The van der Waals surface area contributed by atoms with E-state index in [1.807, 2.05) is 31.2 Å². The second kappa shape index (κ2) is 6.48. The van der Waals surface area contributed by atoms with Gasteiger partial charge in [0.25, 0.3) is 5.91 Å². The van der Waals surface area contributed by atoms with Crippen LogP contribution in [0.2, 0.25) is 0 Å². The Kier molecular flexibility index (Phi) is 4.43. The van der Waals surface area contributed by atoms with Crippen molar-refractivity contribution < 1.29 is 9.53 Å². The number of benzene rings is 1. The van der Waals surface area contributed by atoms with Gasteiger partial charge in [-0.05, 0) is 57.2 Å². The molecule has 22 heavy (non-hydrogen) atoms. The van der Waals surface area contributed by atoms with Gasteiger partial charge in [0.15, 0.2) is 11.2 Å². The highest BCUT2D eigenvalue weighted by Gasteiger charge is 2.19. The summed E-state index contributed by atoms with van der Waals surface area (Å²) in [7, 11) is 0. The molecule has 1 amide bonds. The zero-order valence-corrected chi connectivity index (χ0v) is 13.7. The van der Waals surface area contributed by atoms with Gasteiger partial charge in [0.05, 0.1) is 5.69 Å². The number of nitrogens with zero attached hydrogens (tertiary/aromatic N) is 1. The number of carbonyl (C=O) groups excluding carboxylic acids is 1. The number of amides is 1. The van der Waals surface area contributed by atoms with Gasteiger partial charge in [-0.15, -0.1) is 11.3 Å². The first kappa shape index (κ1) is 15.0. The van der Waals surface area contributed by atoms with Crippen LogP contribution in [0.15, 0.2) is 24.3 Å². The van der Waals surface area contributed by atoms with E-state index in [9.17, 15) is 4.79 Å². The summed E-state index contributed by atoms with van der Waals surface area (Å²) >= 11 is 1.59. The van der Waals surface area contributed by atoms with E-state index in [0.29, 0.717) is 10.9 Å². The molecule has 3 rings (SSSR count).